The molecule has 1 saturated carbocycles. The van der Waals surface area contributed by atoms with Crippen LogP contribution in [-0.2, 0) is 16.8 Å². The number of aryl methyl sites for hydroxylation is 1. The van der Waals surface area contributed by atoms with Crippen LogP contribution in [0.5, 0.6) is 0 Å². The molecular formula is C16H26BrN3O. The van der Waals surface area contributed by atoms with E-state index in [1.807, 2.05) is 0 Å². The SMILES string of the molecule is CCNc1nc(C2(OC)CCC(C)CC2)nc(CC)c1Br. The van der Waals surface area contributed by atoms with Crippen LogP contribution in [0, 0.1) is 5.92 Å². The molecule has 0 unspecified atom stereocenters. The van der Waals surface area contributed by atoms with Crippen molar-refractivity contribution in [2.75, 3.05) is 19.0 Å². The molecular weight excluding hydrogens is 330 g/mol. The normalized spacial score (nSPS) is 25.9. The number of anilines is 1. The van der Waals surface area contributed by atoms with Crippen molar-refractivity contribution in [2.24, 2.45) is 5.92 Å². The van der Waals surface area contributed by atoms with Crippen LogP contribution < -0.4 is 5.32 Å². The van der Waals surface area contributed by atoms with Crippen LogP contribution >= 0.6 is 15.9 Å². The molecule has 0 aliphatic heterocycles. The van der Waals surface area contributed by atoms with Crippen LogP contribution in [-0.4, -0.2) is 23.6 Å². The van der Waals surface area contributed by atoms with E-state index in [9.17, 15) is 0 Å². The van der Waals surface area contributed by atoms with Gasteiger partial charge in [0.05, 0.1) is 10.2 Å². The number of aromatic nitrogens is 2. The number of hydrogen-bond acceptors (Lipinski definition) is 4. The summed E-state index contributed by atoms with van der Waals surface area (Å²) in [5.41, 5.74) is 0.729. The lowest BCUT2D eigenvalue weighted by atomic mass is 9.79. The zero-order chi connectivity index (χ0) is 15.5. The fraction of sp³-hybridized carbons (Fsp3) is 0.750. The van der Waals surface area contributed by atoms with Gasteiger partial charge in [-0.25, -0.2) is 9.97 Å². The topological polar surface area (TPSA) is 47.0 Å². The van der Waals surface area contributed by atoms with Gasteiger partial charge in [-0.1, -0.05) is 13.8 Å². The van der Waals surface area contributed by atoms with Gasteiger partial charge in [-0.3, -0.25) is 0 Å². The van der Waals surface area contributed by atoms with E-state index in [0.717, 1.165) is 53.5 Å². The number of halogens is 1. The second-order valence-corrected chi connectivity index (χ2v) is 6.71. The lowest BCUT2D eigenvalue weighted by Gasteiger charge is -2.37. The average molecular weight is 356 g/mol. The van der Waals surface area contributed by atoms with Crippen molar-refractivity contribution in [1.29, 1.82) is 0 Å². The van der Waals surface area contributed by atoms with E-state index in [2.05, 4.69) is 42.0 Å². The summed E-state index contributed by atoms with van der Waals surface area (Å²) in [6.45, 7) is 7.35. The second-order valence-electron chi connectivity index (χ2n) is 5.92. The maximum absolute atomic E-state index is 5.92. The molecule has 1 aliphatic rings. The van der Waals surface area contributed by atoms with Crippen molar-refractivity contribution in [3.63, 3.8) is 0 Å². The van der Waals surface area contributed by atoms with Crippen LogP contribution in [0.4, 0.5) is 5.82 Å². The quantitative estimate of drug-likeness (QED) is 0.855. The van der Waals surface area contributed by atoms with Gasteiger partial charge in [-0.05, 0) is 60.9 Å². The maximum atomic E-state index is 5.92. The van der Waals surface area contributed by atoms with Gasteiger partial charge >= 0.3 is 0 Å². The summed E-state index contributed by atoms with van der Waals surface area (Å²) in [4.78, 5) is 9.57. The molecule has 5 heteroatoms. The first kappa shape index (κ1) is 16.7. The smallest absolute Gasteiger partial charge is 0.162 e. The molecule has 2 rings (SSSR count). The summed E-state index contributed by atoms with van der Waals surface area (Å²) >= 11 is 3.62. The lowest BCUT2D eigenvalue weighted by Crippen LogP contribution is -2.35. The first-order valence-corrected chi connectivity index (χ1v) is 8.71. The Morgan fingerprint density at radius 2 is 1.95 bits per heavy atom. The van der Waals surface area contributed by atoms with Crippen LogP contribution in [0.1, 0.15) is 58.0 Å². The lowest BCUT2D eigenvalue weighted by molar-refractivity contribution is -0.0598. The molecule has 0 radical (unpaired) electrons. The Balaban J connectivity index is 2.43. The summed E-state index contributed by atoms with van der Waals surface area (Å²) in [7, 11) is 1.79. The molecule has 1 aromatic heterocycles. The largest absolute Gasteiger partial charge is 0.370 e. The van der Waals surface area contributed by atoms with Gasteiger partial charge in [0.15, 0.2) is 5.82 Å². The number of ether oxygens (including phenoxy) is 1. The standard InChI is InChI=1S/C16H26BrN3O/c1-5-12-13(17)14(18-6-2)20-15(19-12)16(21-4)9-7-11(3)8-10-16/h11H,5-10H2,1-4H3,(H,18,19,20). The van der Waals surface area contributed by atoms with Crippen molar-refractivity contribution < 1.29 is 4.74 Å². The van der Waals surface area contributed by atoms with Gasteiger partial charge in [0.1, 0.15) is 11.4 Å². The molecule has 0 bridgehead atoms. The Morgan fingerprint density at radius 3 is 2.48 bits per heavy atom. The van der Waals surface area contributed by atoms with E-state index in [4.69, 9.17) is 14.7 Å². The molecule has 1 heterocycles. The van der Waals surface area contributed by atoms with Gasteiger partial charge in [0, 0.05) is 13.7 Å². The highest BCUT2D eigenvalue weighted by Gasteiger charge is 2.39. The van der Waals surface area contributed by atoms with Crippen molar-refractivity contribution in [3.05, 3.63) is 16.0 Å². The highest BCUT2D eigenvalue weighted by molar-refractivity contribution is 9.10. The predicted octanol–water partition coefficient (Wildman–Crippen LogP) is 4.29. The fourth-order valence-electron chi connectivity index (χ4n) is 2.96. The molecule has 1 aromatic rings. The van der Waals surface area contributed by atoms with Crippen molar-refractivity contribution in [3.8, 4) is 0 Å². The number of nitrogens with zero attached hydrogens (tertiary/aromatic N) is 2. The monoisotopic (exact) mass is 355 g/mol. The van der Waals surface area contributed by atoms with E-state index in [-0.39, 0.29) is 5.60 Å². The molecule has 118 valence electrons. The van der Waals surface area contributed by atoms with Crippen molar-refractivity contribution in [1.82, 2.24) is 9.97 Å². The third kappa shape index (κ3) is 3.39. The Bertz CT molecular complexity index is 485. The van der Waals surface area contributed by atoms with Crippen LogP contribution in [0.25, 0.3) is 0 Å². The van der Waals surface area contributed by atoms with E-state index >= 15 is 0 Å². The zero-order valence-corrected chi connectivity index (χ0v) is 15.1. The third-order valence-corrected chi connectivity index (χ3v) is 5.31. The van der Waals surface area contributed by atoms with E-state index < -0.39 is 0 Å². The predicted molar refractivity (Wildman–Crippen MR) is 89.6 cm³/mol. The fourth-order valence-corrected chi connectivity index (χ4v) is 3.56. The number of rotatable bonds is 5. The van der Waals surface area contributed by atoms with Gasteiger partial charge in [-0.15, -0.1) is 0 Å². The van der Waals surface area contributed by atoms with Gasteiger partial charge in [-0.2, -0.15) is 0 Å². The molecule has 0 spiro atoms. The van der Waals surface area contributed by atoms with E-state index in [1.165, 1.54) is 12.8 Å². The van der Waals surface area contributed by atoms with Gasteiger partial charge in [0.25, 0.3) is 0 Å². The minimum absolute atomic E-state index is 0.318. The van der Waals surface area contributed by atoms with E-state index in [1.54, 1.807) is 7.11 Å². The first-order chi connectivity index (χ1) is 10.1. The van der Waals surface area contributed by atoms with Crippen LogP contribution in [0.2, 0.25) is 0 Å². The minimum atomic E-state index is -0.318. The van der Waals surface area contributed by atoms with Crippen molar-refractivity contribution >= 4 is 21.7 Å². The summed E-state index contributed by atoms with van der Waals surface area (Å²) < 4.78 is 6.90. The molecule has 21 heavy (non-hydrogen) atoms. The van der Waals surface area contributed by atoms with Crippen LogP contribution in [0.15, 0.2) is 4.47 Å². The number of nitrogens with one attached hydrogen (secondary N) is 1. The third-order valence-electron chi connectivity index (χ3n) is 4.48. The maximum Gasteiger partial charge on any atom is 0.162 e. The van der Waals surface area contributed by atoms with Crippen LogP contribution in [0.3, 0.4) is 0 Å². The molecule has 4 nitrogen and oxygen atoms in total. The number of hydrogen-bond donors (Lipinski definition) is 1. The van der Waals surface area contributed by atoms with Gasteiger partial charge < -0.3 is 10.1 Å². The van der Waals surface area contributed by atoms with Gasteiger partial charge in [0.2, 0.25) is 0 Å². The summed E-state index contributed by atoms with van der Waals surface area (Å²) in [6.07, 6.45) is 5.23. The summed E-state index contributed by atoms with van der Waals surface area (Å²) in [5.74, 6) is 2.49. The first-order valence-electron chi connectivity index (χ1n) is 7.92. The molecule has 0 amide bonds. The zero-order valence-electron chi connectivity index (χ0n) is 13.5. The Labute approximate surface area is 136 Å². The second kappa shape index (κ2) is 7.05. The Morgan fingerprint density at radius 1 is 1.29 bits per heavy atom. The highest BCUT2D eigenvalue weighted by Crippen LogP contribution is 2.41. The molecule has 0 atom stereocenters. The van der Waals surface area contributed by atoms with E-state index in [0.29, 0.717) is 0 Å². The molecule has 0 aromatic carbocycles. The summed E-state index contributed by atoms with van der Waals surface area (Å²) in [5, 5.41) is 3.33. The molecule has 1 aliphatic carbocycles. The molecule has 0 saturated heterocycles. The molecule has 1 N–H and O–H groups in total. The average Bonchev–Trinajstić information content (AvgIpc) is 2.51. The molecule has 1 fully saturated rings. The van der Waals surface area contributed by atoms with Crippen molar-refractivity contribution in [2.45, 2.75) is 58.5 Å². The summed E-state index contributed by atoms with van der Waals surface area (Å²) in [6, 6.07) is 0. The Hall–Kier alpha value is -0.680. The highest BCUT2D eigenvalue weighted by atomic mass is 79.9. The minimum Gasteiger partial charge on any atom is -0.370 e. The number of methoxy groups -OCH3 is 1. The Kier molecular flexibility index (Phi) is 5.60.